The van der Waals surface area contributed by atoms with Crippen LogP contribution in [-0.4, -0.2) is 44.2 Å². The van der Waals surface area contributed by atoms with Crippen LogP contribution in [0.4, 0.5) is 5.69 Å². The van der Waals surface area contributed by atoms with E-state index < -0.39 is 0 Å². The lowest BCUT2D eigenvalue weighted by molar-refractivity contribution is -0.141. The van der Waals surface area contributed by atoms with Gasteiger partial charge in [-0.05, 0) is 55.3 Å². The molecule has 2 heterocycles. The van der Waals surface area contributed by atoms with Crippen molar-refractivity contribution in [1.82, 2.24) is 10.6 Å². The molecule has 33 heavy (non-hydrogen) atoms. The number of methoxy groups -OCH3 is 1. The Morgan fingerprint density at radius 3 is 2.58 bits per heavy atom. The van der Waals surface area contributed by atoms with Gasteiger partial charge in [-0.3, -0.25) is 9.59 Å². The third kappa shape index (κ3) is 6.08. The van der Waals surface area contributed by atoms with Gasteiger partial charge in [-0.15, -0.1) is 0 Å². The third-order valence-electron chi connectivity index (χ3n) is 8.16. The summed E-state index contributed by atoms with van der Waals surface area (Å²) in [4.78, 5) is 25.5. The van der Waals surface area contributed by atoms with Crippen molar-refractivity contribution in [2.24, 2.45) is 17.8 Å². The van der Waals surface area contributed by atoms with Crippen LogP contribution in [0.1, 0.15) is 68.9 Å². The van der Waals surface area contributed by atoms with Crippen LogP contribution in [0, 0.1) is 24.7 Å². The smallest absolute Gasteiger partial charge is 0.307 e. The molecule has 6 nitrogen and oxygen atoms in total. The number of piperidine rings is 1. The Hall–Kier alpha value is -2.08. The van der Waals surface area contributed by atoms with E-state index in [2.05, 4.69) is 35.0 Å². The first-order valence-electron chi connectivity index (χ1n) is 13.0. The lowest BCUT2D eigenvalue weighted by Crippen LogP contribution is -2.53. The van der Waals surface area contributed by atoms with Gasteiger partial charge in [0.15, 0.2) is 0 Å². The molecule has 1 aromatic carbocycles. The maximum Gasteiger partial charge on any atom is 0.307 e. The van der Waals surface area contributed by atoms with Crippen LogP contribution in [0.3, 0.4) is 0 Å². The van der Waals surface area contributed by atoms with Gasteiger partial charge in [0, 0.05) is 18.2 Å². The topological polar surface area (TPSA) is 79.5 Å². The van der Waals surface area contributed by atoms with Crippen molar-refractivity contribution in [2.75, 3.05) is 25.5 Å². The van der Waals surface area contributed by atoms with E-state index >= 15 is 0 Å². The lowest BCUT2D eigenvalue weighted by atomic mass is 9.74. The van der Waals surface area contributed by atoms with Crippen molar-refractivity contribution in [3.8, 4) is 0 Å². The van der Waals surface area contributed by atoms with Gasteiger partial charge in [0.1, 0.15) is 6.04 Å². The minimum absolute atomic E-state index is 0.0208. The number of esters is 1. The second-order valence-electron chi connectivity index (χ2n) is 10.4. The van der Waals surface area contributed by atoms with Crippen LogP contribution in [0.2, 0.25) is 0 Å². The molecule has 182 valence electrons. The summed E-state index contributed by atoms with van der Waals surface area (Å²) in [6, 6.07) is 5.69. The zero-order valence-corrected chi connectivity index (χ0v) is 20.3. The van der Waals surface area contributed by atoms with Crippen LogP contribution in [0.5, 0.6) is 0 Å². The van der Waals surface area contributed by atoms with Gasteiger partial charge < -0.3 is 20.7 Å². The van der Waals surface area contributed by atoms with Crippen LogP contribution >= 0.6 is 0 Å². The molecule has 1 aliphatic carbocycles. The Balaban J connectivity index is 1.41. The van der Waals surface area contributed by atoms with E-state index in [1.165, 1.54) is 57.6 Å². The highest BCUT2D eigenvalue weighted by Crippen LogP contribution is 2.35. The van der Waals surface area contributed by atoms with E-state index in [0.29, 0.717) is 12.3 Å². The molecule has 3 aliphatic rings. The predicted octanol–water partition coefficient (Wildman–Crippen LogP) is 3.97. The summed E-state index contributed by atoms with van der Waals surface area (Å²) in [7, 11) is 1.43. The highest BCUT2D eigenvalue weighted by atomic mass is 16.5. The Bertz CT molecular complexity index is 819. The van der Waals surface area contributed by atoms with E-state index in [4.69, 9.17) is 4.74 Å². The highest BCUT2D eigenvalue weighted by molar-refractivity contribution is 5.88. The molecule has 1 amide bonds. The van der Waals surface area contributed by atoms with Crippen LogP contribution in [0.15, 0.2) is 18.2 Å². The highest BCUT2D eigenvalue weighted by Gasteiger charge is 2.36. The number of hydrogen-bond donors (Lipinski definition) is 3. The molecule has 0 bridgehead atoms. The summed E-state index contributed by atoms with van der Waals surface area (Å²) in [6.45, 7) is 3.96. The molecule has 1 saturated heterocycles. The largest absolute Gasteiger partial charge is 0.469 e. The number of carbonyl (C=O) groups is 2. The van der Waals surface area contributed by atoms with Crippen LogP contribution < -0.4 is 16.0 Å². The summed E-state index contributed by atoms with van der Waals surface area (Å²) in [5, 5.41) is 10.3. The SMILES string of the molecule is COC(=O)C[C@H](NC(=O)C1Cc2cccc(C)c2N1)C1CNCC(C2CCCCCCC2)C1. The number of fused-ring (bicyclic) bond motifs is 1. The summed E-state index contributed by atoms with van der Waals surface area (Å²) in [5.74, 6) is 1.33. The molecule has 1 aromatic rings. The Labute approximate surface area is 198 Å². The minimum Gasteiger partial charge on any atom is -0.469 e. The molecule has 0 spiro atoms. The first kappa shape index (κ1) is 24.1. The average Bonchev–Trinajstić information content (AvgIpc) is 3.24. The molecule has 4 rings (SSSR count). The number of rotatable bonds is 6. The van der Waals surface area contributed by atoms with Gasteiger partial charge in [-0.1, -0.05) is 63.1 Å². The average molecular weight is 456 g/mol. The van der Waals surface area contributed by atoms with E-state index in [1.54, 1.807) is 0 Å². The monoisotopic (exact) mass is 455 g/mol. The fraction of sp³-hybridized carbons (Fsp3) is 0.704. The molecular weight excluding hydrogens is 414 g/mol. The minimum atomic E-state index is -0.292. The van der Waals surface area contributed by atoms with E-state index in [9.17, 15) is 9.59 Å². The molecule has 6 heteroatoms. The molecule has 1 saturated carbocycles. The number of aryl methyl sites for hydroxylation is 1. The normalized spacial score (nSPS) is 26.9. The summed E-state index contributed by atoms with van der Waals surface area (Å²) < 4.78 is 4.99. The Morgan fingerprint density at radius 2 is 1.85 bits per heavy atom. The van der Waals surface area contributed by atoms with Gasteiger partial charge in [0.2, 0.25) is 5.91 Å². The van der Waals surface area contributed by atoms with Crippen molar-refractivity contribution in [1.29, 1.82) is 0 Å². The molecule has 4 atom stereocenters. The summed E-state index contributed by atoms with van der Waals surface area (Å²) in [6.07, 6.45) is 11.4. The number of anilines is 1. The zero-order chi connectivity index (χ0) is 23.2. The van der Waals surface area contributed by atoms with Crippen molar-refractivity contribution in [2.45, 2.75) is 83.2 Å². The number of para-hydroxylation sites is 1. The molecule has 2 fully saturated rings. The number of nitrogens with one attached hydrogen (secondary N) is 3. The molecule has 0 aromatic heterocycles. The molecule has 3 N–H and O–H groups in total. The molecular formula is C27H41N3O3. The molecule has 3 unspecified atom stereocenters. The number of carbonyl (C=O) groups excluding carboxylic acids is 2. The van der Waals surface area contributed by atoms with Gasteiger partial charge in [0.25, 0.3) is 0 Å². The summed E-state index contributed by atoms with van der Waals surface area (Å²) >= 11 is 0. The lowest BCUT2D eigenvalue weighted by Gasteiger charge is -2.39. The second kappa shape index (κ2) is 11.4. The Morgan fingerprint density at radius 1 is 1.09 bits per heavy atom. The fourth-order valence-electron chi connectivity index (χ4n) is 6.22. The first-order chi connectivity index (χ1) is 16.0. The van der Waals surface area contributed by atoms with Crippen molar-refractivity contribution in [3.05, 3.63) is 29.3 Å². The summed E-state index contributed by atoms with van der Waals surface area (Å²) in [5.41, 5.74) is 3.42. The quantitative estimate of drug-likeness (QED) is 0.566. The fourth-order valence-corrected chi connectivity index (χ4v) is 6.22. The van der Waals surface area contributed by atoms with Crippen molar-refractivity contribution >= 4 is 17.6 Å². The zero-order valence-electron chi connectivity index (χ0n) is 20.3. The van der Waals surface area contributed by atoms with Gasteiger partial charge >= 0.3 is 5.97 Å². The first-order valence-corrected chi connectivity index (χ1v) is 13.0. The van der Waals surface area contributed by atoms with Crippen LogP contribution in [-0.2, 0) is 20.7 Å². The number of ether oxygens (including phenoxy) is 1. The van der Waals surface area contributed by atoms with Gasteiger partial charge in [-0.25, -0.2) is 0 Å². The number of hydrogen-bond acceptors (Lipinski definition) is 5. The maximum atomic E-state index is 13.3. The molecule has 0 radical (unpaired) electrons. The van der Waals surface area contributed by atoms with Gasteiger partial charge in [-0.2, -0.15) is 0 Å². The second-order valence-corrected chi connectivity index (χ2v) is 10.4. The molecule has 2 aliphatic heterocycles. The maximum absolute atomic E-state index is 13.3. The third-order valence-corrected chi connectivity index (χ3v) is 8.16. The van der Waals surface area contributed by atoms with E-state index in [1.807, 2.05) is 6.07 Å². The standard InChI is InChI=1S/C27H41N3O3/c1-18-9-8-12-20-14-24(29-26(18)20)27(32)30-23(15-25(31)33-2)22-13-21(16-28-17-22)19-10-6-4-3-5-7-11-19/h8-9,12,19,21-24,28-29H,3-7,10-11,13-17H2,1-2H3,(H,30,32)/t21?,22?,23-,24?/m0/s1. The predicted molar refractivity (Wildman–Crippen MR) is 131 cm³/mol. The van der Waals surface area contributed by atoms with Crippen molar-refractivity contribution < 1.29 is 14.3 Å². The van der Waals surface area contributed by atoms with E-state index in [-0.39, 0.29) is 36.3 Å². The van der Waals surface area contributed by atoms with Crippen molar-refractivity contribution in [3.63, 3.8) is 0 Å². The van der Waals surface area contributed by atoms with Gasteiger partial charge in [0.05, 0.1) is 13.5 Å². The number of amides is 1. The Kier molecular flexibility index (Phi) is 8.29. The number of benzene rings is 1. The van der Waals surface area contributed by atoms with E-state index in [0.717, 1.165) is 36.7 Å². The van der Waals surface area contributed by atoms with Crippen LogP contribution in [0.25, 0.3) is 0 Å².